The number of amides is 3. The lowest BCUT2D eigenvalue weighted by molar-refractivity contribution is -0.141. The van der Waals surface area contributed by atoms with Gasteiger partial charge in [0.1, 0.15) is 17.7 Å². The molecule has 0 aromatic heterocycles. The lowest BCUT2D eigenvalue weighted by atomic mass is 9.95. The van der Waals surface area contributed by atoms with Gasteiger partial charge in [0.2, 0.25) is 5.91 Å². The molecule has 3 N–H and O–H groups in total. The summed E-state index contributed by atoms with van der Waals surface area (Å²) in [6.07, 6.45) is 3.90. The summed E-state index contributed by atoms with van der Waals surface area (Å²) in [4.78, 5) is 42.5. The SMILES string of the molecule is CCCCCCCN(C(=O)C(CO)NC(=O)OC(C)(C)C)C(C(=O)Nc1ccc2ccccc2c1)c1cc(C)ccc1C. The summed E-state index contributed by atoms with van der Waals surface area (Å²) >= 11 is 0. The third kappa shape index (κ3) is 9.82. The van der Waals surface area contributed by atoms with E-state index in [4.69, 9.17) is 4.74 Å². The molecule has 3 aromatic rings. The number of nitrogens with zero attached hydrogens (tertiary/aromatic N) is 1. The zero-order chi connectivity index (χ0) is 31.6. The van der Waals surface area contributed by atoms with Crippen LogP contribution < -0.4 is 10.6 Å². The van der Waals surface area contributed by atoms with Gasteiger partial charge in [-0.2, -0.15) is 0 Å². The fraction of sp³-hybridized carbons (Fsp3) is 0.457. The molecule has 232 valence electrons. The van der Waals surface area contributed by atoms with E-state index in [9.17, 15) is 19.5 Å². The number of rotatable bonds is 13. The summed E-state index contributed by atoms with van der Waals surface area (Å²) in [7, 11) is 0. The molecule has 0 heterocycles. The van der Waals surface area contributed by atoms with Gasteiger partial charge in [0.25, 0.3) is 5.91 Å². The number of fused-ring (bicyclic) bond motifs is 1. The van der Waals surface area contributed by atoms with E-state index < -0.39 is 36.3 Å². The largest absolute Gasteiger partial charge is 0.444 e. The molecular weight excluding hydrogens is 542 g/mol. The van der Waals surface area contributed by atoms with Gasteiger partial charge in [-0.1, -0.05) is 86.7 Å². The Hall–Kier alpha value is -3.91. The molecular formula is C35H47N3O5. The van der Waals surface area contributed by atoms with Crippen molar-refractivity contribution in [1.29, 1.82) is 0 Å². The minimum Gasteiger partial charge on any atom is -0.444 e. The maximum atomic E-state index is 14.2. The summed E-state index contributed by atoms with van der Waals surface area (Å²) in [5.41, 5.74) is 2.32. The van der Waals surface area contributed by atoms with E-state index in [1.165, 1.54) is 4.90 Å². The summed E-state index contributed by atoms with van der Waals surface area (Å²) < 4.78 is 5.36. The Morgan fingerprint density at radius 3 is 2.28 bits per heavy atom. The van der Waals surface area contributed by atoms with Crippen molar-refractivity contribution >= 4 is 34.4 Å². The molecule has 3 rings (SSSR count). The number of aryl methyl sites for hydroxylation is 2. The number of unbranched alkanes of at least 4 members (excludes halogenated alkanes) is 4. The summed E-state index contributed by atoms with van der Waals surface area (Å²) in [5, 5.41) is 17.8. The van der Waals surface area contributed by atoms with E-state index in [2.05, 4.69) is 17.6 Å². The molecule has 43 heavy (non-hydrogen) atoms. The van der Waals surface area contributed by atoms with Gasteiger partial charge in [0.15, 0.2) is 0 Å². The summed E-state index contributed by atoms with van der Waals surface area (Å²) in [5.74, 6) is -0.928. The van der Waals surface area contributed by atoms with Crippen LogP contribution in [0.4, 0.5) is 10.5 Å². The van der Waals surface area contributed by atoms with Crippen LogP contribution in [0.1, 0.15) is 82.5 Å². The second kappa shape index (κ2) is 15.5. The molecule has 2 unspecified atom stereocenters. The Morgan fingerprint density at radius 1 is 0.907 bits per heavy atom. The number of anilines is 1. The van der Waals surface area contributed by atoms with Crippen LogP contribution in [0.5, 0.6) is 0 Å². The van der Waals surface area contributed by atoms with Crippen LogP contribution in [0.15, 0.2) is 60.7 Å². The molecule has 0 bridgehead atoms. The van der Waals surface area contributed by atoms with Gasteiger partial charge < -0.3 is 25.4 Å². The first-order valence-corrected chi connectivity index (χ1v) is 15.2. The van der Waals surface area contributed by atoms with E-state index in [0.29, 0.717) is 17.7 Å². The van der Waals surface area contributed by atoms with E-state index >= 15 is 0 Å². The van der Waals surface area contributed by atoms with E-state index in [1.807, 2.05) is 74.5 Å². The molecule has 2 atom stereocenters. The van der Waals surface area contributed by atoms with Crippen LogP contribution in [0, 0.1) is 13.8 Å². The number of ether oxygens (including phenoxy) is 1. The molecule has 0 fully saturated rings. The first kappa shape index (κ1) is 33.6. The number of alkyl carbamates (subject to hydrolysis) is 1. The Morgan fingerprint density at radius 2 is 1.60 bits per heavy atom. The molecule has 0 saturated heterocycles. The van der Waals surface area contributed by atoms with Crippen LogP contribution in [-0.2, 0) is 14.3 Å². The van der Waals surface area contributed by atoms with Crippen molar-refractivity contribution in [2.75, 3.05) is 18.5 Å². The number of benzene rings is 3. The highest BCUT2D eigenvalue weighted by molar-refractivity contribution is 6.00. The molecule has 0 aliphatic carbocycles. The molecule has 0 radical (unpaired) electrons. The number of hydrogen-bond donors (Lipinski definition) is 3. The molecule has 0 aliphatic heterocycles. The van der Waals surface area contributed by atoms with Crippen molar-refractivity contribution < 1.29 is 24.2 Å². The number of carbonyl (C=O) groups excluding carboxylic acids is 3. The zero-order valence-corrected chi connectivity index (χ0v) is 26.4. The highest BCUT2D eigenvalue weighted by Gasteiger charge is 2.36. The third-order valence-corrected chi connectivity index (χ3v) is 7.26. The lowest BCUT2D eigenvalue weighted by Crippen LogP contribution is -2.54. The van der Waals surface area contributed by atoms with E-state index in [1.54, 1.807) is 20.8 Å². The summed E-state index contributed by atoms with van der Waals surface area (Å²) in [6.45, 7) is 10.8. The van der Waals surface area contributed by atoms with Crippen molar-refractivity contribution in [1.82, 2.24) is 10.2 Å². The first-order valence-electron chi connectivity index (χ1n) is 15.2. The van der Waals surface area contributed by atoms with Crippen LogP contribution in [-0.4, -0.2) is 52.7 Å². The predicted octanol–water partition coefficient (Wildman–Crippen LogP) is 6.82. The second-order valence-corrected chi connectivity index (χ2v) is 12.1. The highest BCUT2D eigenvalue weighted by atomic mass is 16.6. The van der Waals surface area contributed by atoms with Crippen LogP contribution in [0.2, 0.25) is 0 Å². The van der Waals surface area contributed by atoms with Gasteiger partial charge in [0.05, 0.1) is 6.61 Å². The molecule has 8 nitrogen and oxygen atoms in total. The van der Waals surface area contributed by atoms with Crippen LogP contribution in [0.25, 0.3) is 10.8 Å². The van der Waals surface area contributed by atoms with Gasteiger partial charge in [-0.3, -0.25) is 9.59 Å². The third-order valence-electron chi connectivity index (χ3n) is 7.26. The smallest absolute Gasteiger partial charge is 0.408 e. The van der Waals surface area contributed by atoms with Crippen molar-refractivity contribution in [3.8, 4) is 0 Å². The first-order chi connectivity index (χ1) is 20.4. The number of carbonyl (C=O) groups is 3. The van der Waals surface area contributed by atoms with Crippen molar-refractivity contribution in [3.63, 3.8) is 0 Å². The average Bonchev–Trinajstić information content (AvgIpc) is 2.95. The minimum absolute atomic E-state index is 0.276. The second-order valence-electron chi connectivity index (χ2n) is 12.1. The van der Waals surface area contributed by atoms with Gasteiger partial charge in [-0.25, -0.2) is 4.79 Å². The van der Waals surface area contributed by atoms with Gasteiger partial charge in [0, 0.05) is 12.2 Å². The van der Waals surface area contributed by atoms with Crippen LogP contribution in [0.3, 0.4) is 0 Å². The Labute approximate surface area is 255 Å². The number of aliphatic hydroxyl groups is 1. The van der Waals surface area contributed by atoms with Gasteiger partial charge in [-0.15, -0.1) is 0 Å². The van der Waals surface area contributed by atoms with Crippen molar-refractivity contribution in [2.45, 2.75) is 91.3 Å². The van der Waals surface area contributed by atoms with Gasteiger partial charge in [-0.05, 0) is 75.1 Å². The quantitative estimate of drug-likeness (QED) is 0.190. The molecule has 0 aliphatic rings. The number of aliphatic hydroxyl groups excluding tert-OH is 1. The van der Waals surface area contributed by atoms with Crippen molar-refractivity contribution in [2.24, 2.45) is 0 Å². The fourth-order valence-electron chi connectivity index (χ4n) is 5.07. The van der Waals surface area contributed by atoms with E-state index in [-0.39, 0.29) is 12.5 Å². The lowest BCUT2D eigenvalue weighted by Gasteiger charge is -2.35. The molecule has 3 amide bonds. The Kier molecular flexibility index (Phi) is 12.1. The maximum Gasteiger partial charge on any atom is 0.408 e. The zero-order valence-electron chi connectivity index (χ0n) is 26.4. The number of nitrogens with one attached hydrogen (secondary N) is 2. The van der Waals surface area contributed by atoms with Gasteiger partial charge >= 0.3 is 6.09 Å². The maximum absolute atomic E-state index is 14.2. The minimum atomic E-state index is -1.29. The standard InChI is InChI=1S/C35H47N3O5/c1-7-8-9-10-13-20-38(33(41)30(23-39)37-34(42)43-35(4,5)6)31(29-21-24(2)16-17-25(29)3)32(40)36-28-19-18-26-14-11-12-15-27(26)22-28/h11-12,14-19,21-22,30-31,39H,7-10,13,20,23H2,1-6H3,(H,36,40)(H,37,42). The van der Waals surface area contributed by atoms with Crippen LogP contribution >= 0.6 is 0 Å². The monoisotopic (exact) mass is 589 g/mol. The average molecular weight is 590 g/mol. The molecule has 0 saturated carbocycles. The van der Waals surface area contributed by atoms with Crippen molar-refractivity contribution in [3.05, 3.63) is 77.4 Å². The normalized spacial score (nSPS) is 12.8. The van der Waals surface area contributed by atoms with E-state index in [0.717, 1.165) is 47.6 Å². The Bertz CT molecular complexity index is 1400. The molecule has 3 aromatic carbocycles. The number of hydrogen-bond acceptors (Lipinski definition) is 5. The Balaban J connectivity index is 2.02. The summed E-state index contributed by atoms with van der Waals surface area (Å²) in [6, 6.07) is 17.1. The highest BCUT2D eigenvalue weighted by Crippen LogP contribution is 2.29. The predicted molar refractivity (Wildman–Crippen MR) is 172 cm³/mol. The molecule has 8 heteroatoms. The topological polar surface area (TPSA) is 108 Å². The fourth-order valence-corrected chi connectivity index (χ4v) is 5.07. The molecule has 0 spiro atoms.